The lowest BCUT2D eigenvalue weighted by Gasteiger charge is -2.03. The highest BCUT2D eigenvalue weighted by Crippen LogP contribution is 2.29. The van der Waals surface area contributed by atoms with Crippen molar-refractivity contribution >= 4 is 46.5 Å². The van der Waals surface area contributed by atoms with Crippen LogP contribution in [0.15, 0.2) is 52.4 Å². The van der Waals surface area contributed by atoms with Gasteiger partial charge in [-0.05, 0) is 60.2 Å². The first kappa shape index (κ1) is 19.4. The Hall–Kier alpha value is -3.39. The molecule has 0 atom stereocenters. The number of carbonyl (C=O) groups is 3. The van der Waals surface area contributed by atoms with E-state index in [-0.39, 0.29) is 17.2 Å². The molecule has 28 heavy (non-hydrogen) atoms. The molecule has 2 N–H and O–H groups in total. The number of hydrogen-bond donors (Lipinski definition) is 2. The van der Waals surface area contributed by atoms with E-state index in [1.54, 1.807) is 42.5 Å². The molecule has 2 aromatic rings. The SMILES string of the molecule is COC(=O)c1ccc(/C=C2\SC(=Nc3cc(C)ccc3C(=O)O)NC2=O)cc1. The number of amidine groups is 1. The Kier molecular flexibility index (Phi) is 5.60. The number of aryl methyl sites for hydroxylation is 1. The molecule has 8 heteroatoms. The van der Waals surface area contributed by atoms with Crippen molar-refractivity contribution in [3.63, 3.8) is 0 Å². The minimum Gasteiger partial charge on any atom is -0.478 e. The molecule has 2 aromatic carbocycles. The first-order valence-corrected chi connectivity index (χ1v) is 9.01. The van der Waals surface area contributed by atoms with Gasteiger partial charge in [-0.3, -0.25) is 4.79 Å². The second kappa shape index (κ2) is 8.10. The zero-order valence-corrected chi connectivity index (χ0v) is 15.9. The Balaban J connectivity index is 1.85. The lowest BCUT2D eigenvalue weighted by molar-refractivity contribution is -0.115. The first-order chi connectivity index (χ1) is 13.4. The van der Waals surface area contributed by atoms with Crippen molar-refractivity contribution < 1.29 is 24.2 Å². The number of ether oxygens (including phenoxy) is 1. The molecule has 3 rings (SSSR count). The van der Waals surface area contributed by atoms with Gasteiger partial charge in [0.25, 0.3) is 5.91 Å². The monoisotopic (exact) mass is 396 g/mol. The van der Waals surface area contributed by atoms with Crippen LogP contribution in [0.5, 0.6) is 0 Å². The zero-order valence-electron chi connectivity index (χ0n) is 15.1. The van der Waals surface area contributed by atoms with Crippen molar-refractivity contribution in [1.29, 1.82) is 0 Å². The van der Waals surface area contributed by atoms with E-state index in [2.05, 4.69) is 15.0 Å². The molecule has 1 aliphatic heterocycles. The molecule has 0 unspecified atom stereocenters. The van der Waals surface area contributed by atoms with E-state index in [0.29, 0.717) is 15.6 Å². The number of aliphatic imine (C=N–C) groups is 1. The maximum Gasteiger partial charge on any atom is 0.337 e. The lowest BCUT2D eigenvalue weighted by atomic mass is 10.1. The summed E-state index contributed by atoms with van der Waals surface area (Å²) in [6.07, 6.45) is 1.66. The molecular formula is C20H16N2O5S. The summed E-state index contributed by atoms with van der Waals surface area (Å²) in [5, 5.41) is 12.2. The summed E-state index contributed by atoms with van der Waals surface area (Å²) >= 11 is 1.12. The molecule has 142 valence electrons. The number of aromatic carboxylic acids is 1. The molecule has 0 saturated carbocycles. The highest BCUT2D eigenvalue weighted by atomic mass is 32.2. The first-order valence-electron chi connectivity index (χ1n) is 8.19. The van der Waals surface area contributed by atoms with Gasteiger partial charge in [0.2, 0.25) is 0 Å². The third-order valence-corrected chi connectivity index (χ3v) is 4.80. The van der Waals surface area contributed by atoms with Crippen molar-refractivity contribution in [1.82, 2.24) is 5.32 Å². The van der Waals surface area contributed by atoms with Crippen LogP contribution in [-0.4, -0.2) is 35.2 Å². The summed E-state index contributed by atoms with van der Waals surface area (Å²) in [4.78, 5) is 39.8. The number of thioether (sulfide) groups is 1. The van der Waals surface area contributed by atoms with E-state index in [1.165, 1.54) is 13.2 Å². The van der Waals surface area contributed by atoms with Crippen molar-refractivity contribution in [2.45, 2.75) is 6.92 Å². The Morgan fingerprint density at radius 1 is 1.18 bits per heavy atom. The molecule has 1 heterocycles. The second-order valence-corrected chi connectivity index (χ2v) is 6.95. The van der Waals surface area contributed by atoms with E-state index in [4.69, 9.17) is 0 Å². The normalized spacial score (nSPS) is 16.3. The van der Waals surface area contributed by atoms with E-state index in [0.717, 1.165) is 22.9 Å². The average Bonchev–Trinajstić information content (AvgIpc) is 3.00. The molecule has 1 fully saturated rings. The van der Waals surface area contributed by atoms with Crippen LogP contribution in [0.1, 0.15) is 31.8 Å². The van der Waals surface area contributed by atoms with Crippen LogP contribution in [0.2, 0.25) is 0 Å². The van der Waals surface area contributed by atoms with Gasteiger partial charge in [-0.15, -0.1) is 0 Å². The van der Waals surface area contributed by atoms with E-state index >= 15 is 0 Å². The average molecular weight is 396 g/mol. The summed E-state index contributed by atoms with van der Waals surface area (Å²) in [5.41, 5.74) is 2.34. The number of nitrogens with one attached hydrogen (secondary N) is 1. The van der Waals surface area contributed by atoms with Gasteiger partial charge in [-0.1, -0.05) is 18.2 Å². The Bertz CT molecular complexity index is 1030. The smallest absolute Gasteiger partial charge is 0.337 e. The largest absolute Gasteiger partial charge is 0.478 e. The van der Waals surface area contributed by atoms with Crippen molar-refractivity contribution in [2.24, 2.45) is 4.99 Å². The maximum absolute atomic E-state index is 12.2. The van der Waals surface area contributed by atoms with E-state index < -0.39 is 11.9 Å². The van der Waals surface area contributed by atoms with Gasteiger partial charge in [0, 0.05) is 0 Å². The predicted molar refractivity (Wildman–Crippen MR) is 107 cm³/mol. The van der Waals surface area contributed by atoms with Crippen LogP contribution >= 0.6 is 11.8 Å². The molecule has 0 aliphatic carbocycles. The molecule has 1 aliphatic rings. The Labute approximate surface area is 165 Å². The fourth-order valence-corrected chi connectivity index (χ4v) is 3.32. The number of carboxylic acid groups (broad SMARTS) is 1. The highest BCUT2D eigenvalue weighted by Gasteiger charge is 2.24. The predicted octanol–water partition coefficient (Wildman–Crippen LogP) is 3.37. The van der Waals surface area contributed by atoms with Crippen LogP contribution in [-0.2, 0) is 9.53 Å². The molecule has 1 amide bonds. The molecule has 0 radical (unpaired) electrons. The minimum atomic E-state index is -1.09. The van der Waals surface area contributed by atoms with Crippen LogP contribution in [0.4, 0.5) is 5.69 Å². The number of carboxylic acids is 1. The van der Waals surface area contributed by atoms with Crippen LogP contribution in [0.25, 0.3) is 6.08 Å². The maximum atomic E-state index is 12.2. The number of methoxy groups -OCH3 is 1. The minimum absolute atomic E-state index is 0.0591. The van der Waals surface area contributed by atoms with Crippen LogP contribution in [0, 0.1) is 6.92 Å². The van der Waals surface area contributed by atoms with Crippen molar-refractivity contribution in [3.8, 4) is 0 Å². The summed E-state index contributed by atoms with van der Waals surface area (Å²) < 4.78 is 4.65. The summed E-state index contributed by atoms with van der Waals surface area (Å²) in [6, 6.07) is 11.4. The fraction of sp³-hybridized carbons (Fsp3) is 0.100. The van der Waals surface area contributed by atoms with Crippen molar-refractivity contribution in [3.05, 3.63) is 69.6 Å². The quantitative estimate of drug-likeness (QED) is 0.606. The summed E-state index contributed by atoms with van der Waals surface area (Å²) in [6.45, 7) is 1.83. The topological polar surface area (TPSA) is 105 Å². The zero-order chi connectivity index (χ0) is 20.3. The molecule has 0 aromatic heterocycles. The van der Waals surface area contributed by atoms with E-state index in [9.17, 15) is 19.5 Å². The van der Waals surface area contributed by atoms with Gasteiger partial charge in [0.15, 0.2) is 5.17 Å². The number of rotatable bonds is 4. The van der Waals surface area contributed by atoms with E-state index in [1.807, 2.05) is 6.92 Å². The van der Waals surface area contributed by atoms with Gasteiger partial charge in [0.1, 0.15) is 0 Å². The number of nitrogens with zero attached hydrogens (tertiary/aromatic N) is 1. The third-order valence-electron chi connectivity index (χ3n) is 3.89. The molecule has 0 bridgehead atoms. The number of benzene rings is 2. The Morgan fingerprint density at radius 2 is 1.89 bits per heavy atom. The molecular weight excluding hydrogens is 380 g/mol. The Morgan fingerprint density at radius 3 is 2.54 bits per heavy atom. The van der Waals surface area contributed by atoms with Gasteiger partial charge in [-0.2, -0.15) is 0 Å². The van der Waals surface area contributed by atoms with Crippen molar-refractivity contribution in [2.75, 3.05) is 7.11 Å². The standard InChI is InChI=1S/C20H16N2O5S/c1-11-3-8-14(18(24)25)15(9-11)21-20-22-17(23)16(28-20)10-12-4-6-13(7-5-12)19(26)27-2/h3-10H,1-2H3,(H,24,25)(H,21,22,23)/b16-10-. The number of carbonyl (C=O) groups excluding carboxylic acids is 2. The summed E-state index contributed by atoms with van der Waals surface area (Å²) in [5.74, 6) is -1.85. The molecule has 7 nitrogen and oxygen atoms in total. The number of hydrogen-bond acceptors (Lipinski definition) is 6. The highest BCUT2D eigenvalue weighted by molar-refractivity contribution is 8.18. The summed E-state index contributed by atoms with van der Waals surface area (Å²) in [7, 11) is 1.31. The lowest BCUT2D eigenvalue weighted by Crippen LogP contribution is -2.19. The number of amides is 1. The van der Waals surface area contributed by atoms with Crippen LogP contribution in [0.3, 0.4) is 0 Å². The molecule has 1 saturated heterocycles. The fourth-order valence-electron chi connectivity index (χ4n) is 2.49. The molecule has 0 spiro atoms. The van der Waals surface area contributed by atoms with Gasteiger partial charge in [-0.25, -0.2) is 14.6 Å². The van der Waals surface area contributed by atoms with Gasteiger partial charge in [0.05, 0.1) is 28.8 Å². The second-order valence-electron chi connectivity index (χ2n) is 5.92. The third kappa shape index (κ3) is 4.29. The number of esters is 1. The van der Waals surface area contributed by atoms with Gasteiger partial charge < -0.3 is 15.2 Å². The van der Waals surface area contributed by atoms with Crippen LogP contribution < -0.4 is 5.32 Å². The van der Waals surface area contributed by atoms with Gasteiger partial charge >= 0.3 is 11.9 Å².